The van der Waals surface area contributed by atoms with Gasteiger partial charge in [0.15, 0.2) is 0 Å². The van der Waals surface area contributed by atoms with Crippen LogP contribution in [0.2, 0.25) is 0 Å². The first-order valence-corrected chi connectivity index (χ1v) is 8.12. The average molecular weight is 265 g/mol. The lowest BCUT2D eigenvalue weighted by molar-refractivity contribution is 0.597. The van der Waals surface area contributed by atoms with Gasteiger partial charge in [-0.05, 0) is 48.1 Å². The summed E-state index contributed by atoms with van der Waals surface area (Å²) in [5, 5.41) is 0. The zero-order chi connectivity index (χ0) is 13.2. The number of sulfone groups is 1. The fourth-order valence-corrected chi connectivity index (χ4v) is 3.07. The van der Waals surface area contributed by atoms with Crippen LogP contribution in [0.3, 0.4) is 0 Å². The number of hydrogen-bond acceptors (Lipinski definition) is 3. The number of hydrogen-bond donors (Lipinski definition) is 1. The molecule has 98 valence electrons. The van der Waals surface area contributed by atoms with E-state index in [9.17, 15) is 8.42 Å². The minimum absolute atomic E-state index is 0.225. The maximum atomic E-state index is 11.4. The number of nitrogen functional groups attached to an aromatic ring is 1. The number of anilines is 1. The molecule has 3 nitrogen and oxygen atoms in total. The second-order valence-corrected chi connectivity index (χ2v) is 7.14. The van der Waals surface area contributed by atoms with Crippen molar-refractivity contribution in [3.63, 3.8) is 0 Å². The smallest absolute Gasteiger partial charge is 0.150 e. The second kappa shape index (κ2) is 5.14. The number of nitrogens with two attached hydrogens (primary N) is 1. The molecular formula is C14H19NO2S. The summed E-state index contributed by atoms with van der Waals surface area (Å²) in [6.07, 6.45) is 4.67. The van der Waals surface area contributed by atoms with Crippen LogP contribution in [0.1, 0.15) is 30.9 Å². The number of allylic oxidation sites excluding steroid dienone is 2. The lowest BCUT2D eigenvalue weighted by Crippen LogP contribution is -2.07. The quantitative estimate of drug-likeness (QED) is 0.850. The van der Waals surface area contributed by atoms with Gasteiger partial charge in [-0.15, -0.1) is 0 Å². The Morgan fingerprint density at radius 2 is 2.11 bits per heavy atom. The largest absolute Gasteiger partial charge is 0.399 e. The standard InChI is InChI=1S/C14H19NO2S/c1-2-18(16,17)9-3-4-11-5-6-12-10-13(15)7-8-14(11)12/h4,7-8,10H,2-3,5-6,9,15H2,1H3. The molecule has 0 fully saturated rings. The molecule has 4 heteroatoms. The van der Waals surface area contributed by atoms with Crippen molar-refractivity contribution < 1.29 is 8.42 Å². The minimum atomic E-state index is -2.86. The Hall–Kier alpha value is -1.29. The Morgan fingerprint density at radius 1 is 1.33 bits per heavy atom. The van der Waals surface area contributed by atoms with Crippen LogP contribution in [0.5, 0.6) is 0 Å². The fourth-order valence-electron chi connectivity index (χ4n) is 2.31. The first-order valence-electron chi connectivity index (χ1n) is 6.30. The van der Waals surface area contributed by atoms with Crippen molar-refractivity contribution in [2.75, 3.05) is 17.2 Å². The molecule has 1 aromatic carbocycles. The lowest BCUT2D eigenvalue weighted by Gasteiger charge is -2.03. The van der Waals surface area contributed by atoms with Crippen LogP contribution in [-0.4, -0.2) is 19.9 Å². The number of aryl methyl sites for hydroxylation is 1. The Balaban J connectivity index is 2.09. The maximum Gasteiger partial charge on any atom is 0.150 e. The summed E-state index contributed by atoms with van der Waals surface area (Å²) < 4.78 is 22.8. The van der Waals surface area contributed by atoms with E-state index < -0.39 is 9.84 Å². The van der Waals surface area contributed by atoms with Gasteiger partial charge in [-0.2, -0.15) is 0 Å². The summed E-state index contributed by atoms with van der Waals surface area (Å²) in [5.41, 5.74) is 10.3. The van der Waals surface area contributed by atoms with Gasteiger partial charge in [-0.3, -0.25) is 0 Å². The van der Waals surface area contributed by atoms with Gasteiger partial charge in [0.2, 0.25) is 0 Å². The van der Waals surface area contributed by atoms with E-state index in [1.165, 1.54) is 16.7 Å². The summed E-state index contributed by atoms with van der Waals surface area (Å²) in [7, 11) is -2.86. The van der Waals surface area contributed by atoms with E-state index in [-0.39, 0.29) is 11.5 Å². The van der Waals surface area contributed by atoms with Gasteiger partial charge >= 0.3 is 0 Å². The van der Waals surface area contributed by atoms with Crippen LogP contribution in [-0.2, 0) is 16.3 Å². The first-order chi connectivity index (χ1) is 8.52. The molecule has 0 atom stereocenters. The molecule has 1 aromatic rings. The molecule has 0 unspecified atom stereocenters. The molecule has 2 rings (SSSR count). The zero-order valence-corrected chi connectivity index (χ0v) is 11.5. The highest BCUT2D eigenvalue weighted by Crippen LogP contribution is 2.33. The van der Waals surface area contributed by atoms with Crippen LogP contribution in [0.4, 0.5) is 5.69 Å². The van der Waals surface area contributed by atoms with Crippen molar-refractivity contribution in [3.05, 3.63) is 35.4 Å². The van der Waals surface area contributed by atoms with E-state index in [4.69, 9.17) is 5.73 Å². The summed E-state index contributed by atoms with van der Waals surface area (Å²) in [5.74, 6) is 0.473. The van der Waals surface area contributed by atoms with Gasteiger partial charge in [-0.1, -0.05) is 19.1 Å². The highest BCUT2D eigenvalue weighted by Gasteiger charge is 2.16. The van der Waals surface area contributed by atoms with Gasteiger partial charge in [0.05, 0.1) is 5.75 Å². The highest BCUT2D eigenvalue weighted by atomic mass is 32.2. The van der Waals surface area contributed by atoms with Crippen molar-refractivity contribution in [1.29, 1.82) is 0 Å². The summed E-state index contributed by atoms with van der Waals surface area (Å²) in [6, 6.07) is 5.96. The molecule has 1 aliphatic rings. The van der Waals surface area contributed by atoms with Crippen molar-refractivity contribution in [2.45, 2.75) is 26.2 Å². The predicted octanol–water partition coefficient (Wildman–Crippen LogP) is 2.42. The third-order valence-corrected chi connectivity index (χ3v) is 5.14. The summed E-state index contributed by atoms with van der Waals surface area (Å²) in [6.45, 7) is 1.69. The molecule has 0 heterocycles. The predicted molar refractivity (Wildman–Crippen MR) is 76.1 cm³/mol. The Bertz CT molecular complexity index is 573. The van der Waals surface area contributed by atoms with Crippen LogP contribution in [0.25, 0.3) is 5.57 Å². The normalized spacial score (nSPS) is 17.1. The first kappa shape index (κ1) is 13.1. The van der Waals surface area contributed by atoms with Gasteiger partial charge in [-0.25, -0.2) is 8.42 Å². The molecule has 0 amide bonds. The Labute approximate surface area is 109 Å². The summed E-state index contributed by atoms with van der Waals surface area (Å²) >= 11 is 0. The van der Waals surface area contributed by atoms with Crippen LogP contribution in [0, 0.1) is 0 Å². The highest BCUT2D eigenvalue weighted by molar-refractivity contribution is 7.91. The van der Waals surface area contributed by atoms with Crippen LogP contribution >= 0.6 is 0 Å². The maximum absolute atomic E-state index is 11.4. The molecule has 0 radical (unpaired) electrons. The van der Waals surface area contributed by atoms with E-state index in [1.54, 1.807) is 6.92 Å². The summed E-state index contributed by atoms with van der Waals surface area (Å²) in [4.78, 5) is 0. The second-order valence-electron chi connectivity index (χ2n) is 4.67. The number of benzene rings is 1. The molecular weight excluding hydrogens is 246 g/mol. The molecule has 0 saturated carbocycles. The van der Waals surface area contributed by atoms with Crippen molar-refractivity contribution in [2.24, 2.45) is 0 Å². The average Bonchev–Trinajstić information content (AvgIpc) is 2.71. The molecule has 2 N–H and O–H groups in total. The van der Waals surface area contributed by atoms with Crippen molar-refractivity contribution in [1.82, 2.24) is 0 Å². The zero-order valence-electron chi connectivity index (χ0n) is 10.6. The van der Waals surface area contributed by atoms with Gasteiger partial charge in [0.25, 0.3) is 0 Å². The van der Waals surface area contributed by atoms with Crippen LogP contribution in [0.15, 0.2) is 24.3 Å². The molecule has 1 aliphatic carbocycles. The molecule has 0 bridgehead atoms. The fraction of sp³-hybridized carbons (Fsp3) is 0.429. The van der Waals surface area contributed by atoms with Crippen molar-refractivity contribution >= 4 is 21.1 Å². The van der Waals surface area contributed by atoms with E-state index in [2.05, 4.69) is 6.08 Å². The monoisotopic (exact) mass is 265 g/mol. The van der Waals surface area contributed by atoms with E-state index in [0.29, 0.717) is 6.42 Å². The lowest BCUT2D eigenvalue weighted by atomic mass is 10.1. The molecule has 0 saturated heterocycles. The Morgan fingerprint density at radius 3 is 2.83 bits per heavy atom. The van der Waals surface area contributed by atoms with Gasteiger partial charge in [0.1, 0.15) is 9.84 Å². The Kier molecular flexibility index (Phi) is 3.76. The van der Waals surface area contributed by atoms with E-state index >= 15 is 0 Å². The molecule has 0 spiro atoms. The number of rotatable bonds is 4. The molecule has 18 heavy (non-hydrogen) atoms. The number of fused-ring (bicyclic) bond motifs is 1. The third kappa shape index (κ3) is 2.93. The topological polar surface area (TPSA) is 60.2 Å². The van der Waals surface area contributed by atoms with Gasteiger partial charge < -0.3 is 5.73 Å². The van der Waals surface area contributed by atoms with E-state index in [1.807, 2.05) is 18.2 Å². The van der Waals surface area contributed by atoms with Gasteiger partial charge in [0, 0.05) is 11.4 Å². The third-order valence-electron chi connectivity index (χ3n) is 3.40. The molecule has 0 aromatic heterocycles. The SMILES string of the molecule is CCS(=O)(=O)CCC=C1CCc2cc(N)ccc21. The van der Waals surface area contributed by atoms with E-state index in [0.717, 1.165) is 18.5 Å². The molecule has 0 aliphatic heterocycles. The van der Waals surface area contributed by atoms with Crippen LogP contribution < -0.4 is 5.73 Å². The minimum Gasteiger partial charge on any atom is -0.399 e. The van der Waals surface area contributed by atoms with Crippen molar-refractivity contribution in [3.8, 4) is 0 Å².